The Hall–Kier alpha value is -1.39. The zero-order valence-electron chi connectivity index (χ0n) is 9.66. The van der Waals surface area contributed by atoms with Crippen molar-refractivity contribution in [2.24, 2.45) is 0 Å². The summed E-state index contributed by atoms with van der Waals surface area (Å²) in [5.74, 6) is -0.350. The van der Waals surface area contributed by atoms with Gasteiger partial charge in [0.05, 0.1) is 5.69 Å². The van der Waals surface area contributed by atoms with Crippen molar-refractivity contribution in [1.29, 1.82) is 0 Å². The van der Waals surface area contributed by atoms with Crippen LogP contribution in [0.25, 0.3) is 0 Å². The molecule has 0 saturated carbocycles. The maximum absolute atomic E-state index is 13.2. The van der Waals surface area contributed by atoms with E-state index >= 15 is 0 Å². The van der Waals surface area contributed by atoms with Crippen molar-refractivity contribution >= 4 is 17.0 Å². The van der Waals surface area contributed by atoms with Crippen molar-refractivity contribution in [3.63, 3.8) is 0 Å². The molecule has 0 saturated heterocycles. The SMILES string of the molecule is Cc1ccsc1CNCc1cccc(F)c1N. The van der Waals surface area contributed by atoms with Crippen molar-refractivity contribution in [1.82, 2.24) is 5.32 Å². The number of thiophene rings is 1. The topological polar surface area (TPSA) is 38.0 Å². The molecule has 0 aliphatic heterocycles. The smallest absolute Gasteiger partial charge is 0.146 e. The van der Waals surface area contributed by atoms with E-state index in [2.05, 4.69) is 23.7 Å². The van der Waals surface area contributed by atoms with E-state index < -0.39 is 0 Å². The molecule has 0 fully saturated rings. The first kappa shape index (κ1) is 12.1. The summed E-state index contributed by atoms with van der Waals surface area (Å²) in [6, 6.07) is 6.99. The average Bonchev–Trinajstić information content (AvgIpc) is 2.71. The number of halogens is 1. The Kier molecular flexibility index (Phi) is 3.76. The van der Waals surface area contributed by atoms with E-state index in [1.807, 2.05) is 6.07 Å². The summed E-state index contributed by atoms with van der Waals surface area (Å²) in [5, 5.41) is 5.35. The fraction of sp³-hybridized carbons (Fsp3) is 0.231. The van der Waals surface area contributed by atoms with Gasteiger partial charge in [-0.15, -0.1) is 11.3 Å². The van der Waals surface area contributed by atoms with Crippen molar-refractivity contribution in [2.75, 3.05) is 5.73 Å². The second kappa shape index (κ2) is 5.29. The number of benzene rings is 1. The van der Waals surface area contributed by atoms with Gasteiger partial charge in [-0.25, -0.2) is 4.39 Å². The summed E-state index contributed by atoms with van der Waals surface area (Å²) in [4.78, 5) is 1.31. The highest BCUT2D eigenvalue weighted by Gasteiger charge is 2.04. The van der Waals surface area contributed by atoms with Gasteiger partial charge < -0.3 is 11.1 Å². The van der Waals surface area contributed by atoms with Crippen molar-refractivity contribution in [2.45, 2.75) is 20.0 Å². The number of nitrogens with two attached hydrogens (primary N) is 1. The fourth-order valence-corrected chi connectivity index (χ4v) is 2.51. The number of hydrogen-bond acceptors (Lipinski definition) is 3. The third kappa shape index (κ3) is 2.84. The molecule has 90 valence electrons. The molecule has 2 rings (SSSR count). The zero-order chi connectivity index (χ0) is 12.3. The predicted octanol–water partition coefficient (Wildman–Crippen LogP) is 3.07. The molecule has 1 heterocycles. The molecule has 0 amide bonds. The van der Waals surface area contributed by atoms with E-state index in [9.17, 15) is 4.39 Å². The molecule has 0 aliphatic carbocycles. The lowest BCUT2D eigenvalue weighted by molar-refractivity contribution is 0.626. The van der Waals surface area contributed by atoms with Crippen LogP contribution in [-0.2, 0) is 13.1 Å². The molecule has 1 aromatic carbocycles. The molecule has 0 radical (unpaired) electrons. The van der Waals surface area contributed by atoms with Crippen LogP contribution in [0, 0.1) is 12.7 Å². The van der Waals surface area contributed by atoms with Crippen LogP contribution in [0.5, 0.6) is 0 Å². The average molecular weight is 250 g/mol. The Bertz CT molecular complexity index is 508. The Morgan fingerprint density at radius 1 is 1.29 bits per heavy atom. The molecule has 0 aliphatic rings. The Morgan fingerprint density at radius 3 is 2.82 bits per heavy atom. The minimum absolute atomic E-state index is 0.239. The van der Waals surface area contributed by atoms with Gasteiger partial charge in [-0.2, -0.15) is 0 Å². The molecule has 0 spiro atoms. The van der Waals surface area contributed by atoms with E-state index in [1.54, 1.807) is 17.4 Å². The van der Waals surface area contributed by atoms with Crippen LogP contribution < -0.4 is 11.1 Å². The lowest BCUT2D eigenvalue weighted by Crippen LogP contribution is -2.14. The van der Waals surface area contributed by atoms with E-state index in [4.69, 9.17) is 5.73 Å². The van der Waals surface area contributed by atoms with Gasteiger partial charge in [-0.3, -0.25) is 0 Å². The first-order chi connectivity index (χ1) is 8.18. The highest BCUT2D eigenvalue weighted by Crippen LogP contribution is 2.17. The second-order valence-corrected chi connectivity index (χ2v) is 4.94. The van der Waals surface area contributed by atoms with Crippen LogP contribution >= 0.6 is 11.3 Å². The molecule has 1 aromatic heterocycles. The van der Waals surface area contributed by atoms with Crippen LogP contribution in [-0.4, -0.2) is 0 Å². The van der Waals surface area contributed by atoms with E-state index in [0.29, 0.717) is 6.54 Å². The highest BCUT2D eigenvalue weighted by atomic mass is 32.1. The number of rotatable bonds is 4. The summed E-state index contributed by atoms with van der Waals surface area (Å²) < 4.78 is 13.2. The Morgan fingerprint density at radius 2 is 2.12 bits per heavy atom. The highest BCUT2D eigenvalue weighted by molar-refractivity contribution is 7.10. The summed E-state index contributed by atoms with van der Waals surface area (Å²) in [7, 11) is 0. The number of anilines is 1. The molecule has 2 nitrogen and oxygen atoms in total. The first-order valence-electron chi connectivity index (χ1n) is 5.45. The predicted molar refractivity (Wildman–Crippen MR) is 70.4 cm³/mol. The molecule has 17 heavy (non-hydrogen) atoms. The number of para-hydroxylation sites is 1. The third-order valence-corrected chi connectivity index (χ3v) is 3.74. The Labute approximate surface area is 104 Å². The van der Waals surface area contributed by atoms with E-state index in [-0.39, 0.29) is 11.5 Å². The quantitative estimate of drug-likeness (QED) is 0.818. The monoisotopic (exact) mass is 250 g/mol. The van der Waals surface area contributed by atoms with E-state index in [1.165, 1.54) is 16.5 Å². The van der Waals surface area contributed by atoms with Crippen molar-refractivity contribution in [3.8, 4) is 0 Å². The van der Waals surface area contributed by atoms with Crippen LogP contribution in [0.3, 0.4) is 0 Å². The molecule has 3 N–H and O–H groups in total. The van der Waals surface area contributed by atoms with Gasteiger partial charge in [0.1, 0.15) is 5.82 Å². The number of nitrogen functional groups attached to an aromatic ring is 1. The maximum Gasteiger partial charge on any atom is 0.146 e. The second-order valence-electron chi connectivity index (χ2n) is 3.94. The summed E-state index contributed by atoms with van der Waals surface area (Å²) >= 11 is 1.72. The first-order valence-corrected chi connectivity index (χ1v) is 6.33. The van der Waals surface area contributed by atoms with Gasteiger partial charge in [0.2, 0.25) is 0 Å². The lowest BCUT2D eigenvalue weighted by atomic mass is 10.1. The molecule has 0 atom stereocenters. The third-order valence-electron chi connectivity index (χ3n) is 2.71. The number of nitrogens with one attached hydrogen (secondary N) is 1. The van der Waals surface area contributed by atoms with Gasteiger partial charge >= 0.3 is 0 Å². The van der Waals surface area contributed by atoms with Crippen LogP contribution in [0.15, 0.2) is 29.6 Å². The number of aryl methyl sites for hydroxylation is 1. The normalized spacial score (nSPS) is 10.7. The molecule has 0 bridgehead atoms. The van der Waals surface area contributed by atoms with Crippen LogP contribution in [0.2, 0.25) is 0 Å². The Balaban J connectivity index is 1.95. The van der Waals surface area contributed by atoms with E-state index in [0.717, 1.165) is 12.1 Å². The number of hydrogen-bond donors (Lipinski definition) is 2. The largest absolute Gasteiger partial charge is 0.396 e. The zero-order valence-corrected chi connectivity index (χ0v) is 10.5. The summed E-state index contributed by atoms with van der Waals surface area (Å²) in [5.41, 5.74) is 7.99. The van der Waals surface area contributed by atoms with Crippen molar-refractivity contribution in [3.05, 3.63) is 51.5 Å². The summed E-state index contributed by atoms with van der Waals surface area (Å²) in [6.07, 6.45) is 0. The van der Waals surface area contributed by atoms with Crippen LogP contribution in [0.4, 0.5) is 10.1 Å². The van der Waals surface area contributed by atoms with Gasteiger partial charge in [0.25, 0.3) is 0 Å². The fourth-order valence-electron chi connectivity index (χ4n) is 1.63. The molecule has 4 heteroatoms. The lowest BCUT2D eigenvalue weighted by Gasteiger charge is -2.07. The minimum atomic E-state index is -0.350. The van der Waals surface area contributed by atoms with Gasteiger partial charge in [0.15, 0.2) is 0 Å². The van der Waals surface area contributed by atoms with Gasteiger partial charge in [-0.1, -0.05) is 12.1 Å². The van der Waals surface area contributed by atoms with Gasteiger partial charge in [0, 0.05) is 18.0 Å². The van der Waals surface area contributed by atoms with Gasteiger partial charge in [-0.05, 0) is 35.6 Å². The minimum Gasteiger partial charge on any atom is -0.396 e. The molecule has 0 unspecified atom stereocenters. The van der Waals surface area contributed by atoms with Crippen LogP contribution in [0.1, 0.15) is 16.0 Å². The molecular formula is C13H15FN2S. The standard InChI is InChI=1S/C13H15FN2S/c1-9-5-6-17-12(9)8-16-7-10-3-2-4-11(14)13(10)15/h2-6,16H,7-8,15H2,1H3. The molecule has 2 aromatic rings. The maximum atomic E-state index is 13.2. The summed E-state index contributed by atoms with van der Waals surface area (Å²) in [6.45, 7) is 3.46. The van der Waals surface area contributed by atoms with Crippen molar-refractivity contribution < 1.29 is 4.39 Å². The molecular weight excluding hydrogens is 235 g/mol.